The minimum atomic E-state index is 0.348. The summed E-state index contributed by atoms with van der Waals surface area (Å²) in [6, 6.07) is 0.348. The smallest absolute Gasteiger partial charge is 0.0696 e. The zero-order chi connectivity index (χ0) is 14.1. The van der Waals surface area contributed by atoms with Crippen molar-refractivity contribution < 1.29 is 4.74 Å². The van der Waals surface area contributed by atoms with Gasteiger partial charge in [-0.25, -0.2) is 0 Å². The van der Waals surface area contributed by atoms with E-state index in [0.29, 0.717) is 12.6 Å². The van der Waals surface area contributed by atoms with Gasteiger partial charge in [0, 0.05) is 7.11 Å². The normalized spacial score (nSPS) is 12.8. The lowest BCUT2D eigenvalue weighted by Gasteiger charge is -2.20. The average molecular weight is 350 g/mol. The second kappa shape index (κ2) is 9.80. The van der Waals surface area contributed by atoms with E-state index in [9.17, 15) is 0 Å². The molecule has 110 valence electrons. The highest BCUT2D eigenvalue weighted by atomic mass is 79.9. The van der Waals surface area contributed by atoms with Crippen molar-refractivity contribution in [3.63, 3.8) is 0 Å². The second-order valence-electron chi connectivity index (χ2n) is 4.38. The van der Waals surface area contributed by atoms with Gasteiger partial charge in [0.1, 0.15) is 0 Å². The van der Waals surface area contributed by atoms with Crippen LogP contribution in [0.3, 0.4) is 0 Å². The standard InChI is InChI=1S/C13H24BrN3OS/c1-4-6-15-12(5-9-19-3)13-11(14)10-16-17(13)7-8-18-2/h10,12,15H,4-9H2,1-3H3. The number of aromatic nitrogens is 2. The van der Waals surface area contributed by atoms with E-state index in [2.05, 4.69) is 39.5 Å². The molecule has 1 unspecified atom stereocenters. The van der Waals surface area contributed by atoms with E-state index < -0.39 is 0 Å². The summed E-state index contributed by atoms with van der Waals surface area (Å²) in [5, 5.41) is 8.05. The quantitative estimate of drug-likeness (QED) is 0.704. The minimum Gasteiger partial charge on any atom is -0.383 e. The summed E-state index contributed by atoms with van der Waals surface area (Å²) in [6.45, 7) is 4.70. The molecule has 1 heterocycles. The van der Waals surface area contributed by atoms with Crippen molar-refractivity contribution in [2.24, 2.45) is 0 Å². The van der Waals surface area contributed by atoms with Gasteiger partial charge in [-0.1, -0.05) is 6.92 Å². The largest absolute Gasteiger partial charge is 0.383 e. The Hall–Kier alpha value is -0.0400. The van der Waals surface area contributed by atoms with Crippen molar-refractivity contribution in [2.45, 2.75) is 32.4 Å². The van der Waals surface area contributed by atoms with E-state index in [4.69, 9.17) is 4.74 Å². The Bertz CT molecular complexity index is 352. The van der Waals surface area contributed by atoms with Crippen LogP contribution in [0.5, 0.6) is 0 Å². The van der Waals surface area contributed by atoms with Gasteiger partial charge in [-0.3, -0.25) is 4.68 Å². The number of methoxy groups -OCH3 is 1. The Kier molecular flexibility index (Phi) is 8.77. The average Bonchev–Trinajstić information content (AvgIpc) is 2.78. The highest BCUT2D eigenvalue weighted by Gasteiger charge is 2.19. The predicted octanol–water partition coefficient (Wildman–Crippen LogP) is 3.09. The third-order valence-corrected chi connectivity index (χ3v) is 4.18. The van der Waals surface area contributed by atoms with Crippen LogP contribution in [-0.4, -0.2) is 42.1 Å². The number of hydrogen-bond donors (Lipinski definition) is 1. The first kappa shape index (κ1) is 17.0. The van der Waals surface area contributed by atoms with Crippen LogP contribution in [0.1, 0.15) is 31.5 Å². The van der Waals surface area contributed by atoms with E-state index in [-0.39, 0.29) is 0 Å². The van der Waals surface area contributed by atoms with Crippen molar-refractivity contribution in [2.75, 3.05) is 32.3 Å². The molecule has 0 fully saturated rings. The van der Waals surface area contributed by atoms with Gasteiger partial charge in [-0.15, -0.1) is 0 Å². The predicted molar refractivity (Wildman–Crippen MR) is 85.8 cm³/mol. The lowest BCUT2D eigenvalue weighted by molar-refractivity contribution is 0.181. The van der Waals surface area contributed by atoms with E-state index in [1.165, 1.54) is 5.69 Å². The first-order valence-electron chi connectivity index (χ1n) is 6.67. The maximum atomic E-state index is 5.15. The molecule has 0 amide bonds. The van der Waals surface area contributed by atoms with Crippen molar-refractivity contribution in [1.29, 1.82) is 0 Å². The molecule has 0 spiro atoms. The highest BCUT2D eigenvalue weighted by Crippen LogP contribution is 2.26. The maximum absolute atomic E-state index is 5.15. The molecule has 0 aromatic carbocycles. The van der Waals surface area contributed by atoms with E-state index in [1.807, 2.05) is 22.6 Å². The summed E-state index contributed by atoms with van der Waals surface area (Å²) < 4.78 is 8.28. The zero-order valence-corrected chi connectivity index (χ0v) is 14.4. The molecule has 0 radical (unpaired) electrons. The molecule has 6 heteroatoms. The van der Waals surface area contributed by atoms with Crippen molar-refractivity contribution >= 4 is 27.7 Å². The van der Waals surface area contributed by atoms with Gasteiger partial charge in [-0.2, -0.15) is 16.9 Å². The summed E-state index contributed by atoms with van der Waals surface area (Å²) in [5.41, 5.74) is 1.24. The van der Waals surface area contributed by atoms with Crippen LogP contribution < -0.4 is 5.32 Å². The van der Waals surface area contributed by atoms with Crippen molar-refractivity contribution in [3.8, 4) is 0 Å². The zero-order valence-electron chi connectivity index (χ0n) is 12.0. The SMILES string of the molecule is CCCNC(CCSC)c1c(Br)cnn1CCOC. The summed E-state index contributed by atoms with van der Waals surface area (Å²) in [4.78, 5) is 0. The van der Waals surface area contributed by atoms with Gasteiger partial charge in [-0.05, 0) is 47.3 Å². The Morgan fingerprint density at radius 3 is 3.00 bits per heavy atom. The Morgan fingerprint density at radius 2 is 2.37 bits per heavy atom. The van der Waals surface area contributed by atoms with Crippen LogP contribution in [0.25, 0.3) is 0 Å². The molecule has 1 aromatic heterocycles. The lowest BCUT2D eigenvalue weighted by Crippen LogP contribution is -2.26. The van der Waals surface area contributed by atoms with Crippen LogP contribution in [0.15, 0.2) is 10.7 Å². The molecular formula is C13H24BrN3OS. The summed E-state index contributed by atoms with van der Waals surface area (Å²) in [5.74, 6) is 1.14. The van der Waals surface area contributed by atoms with E-state index in [1.54, 1.807) is 7.11 Å². The molecule has 0 saturated heterocycles. The van der Waals surface area contributed by atoms with Crippen LogP contribution >= 0.6 is 27.7 Å². The minimum absolute atomic E-state index is 0.348. The fraction of sp³-hybridized carbons (Fsp3) is 0.769. The first-order chi connectivity index (χ1) is 9.24. The topological polar surface area (TPSA) is 39.1 Å². The van der Waals surface area contributed by atoms with Crippen LogP contribution in [0, 0.1) is 0 Å². The third-order valence-electron chi connectivity index (χ3n) is 2.92. The van der Waals surface area contributed by atoms with Gasteiger partial charge < -0.3 is 10.1 Å². The lowest BCUT2D eigenvalue weighted by atomic mass is 10.1. The van der Waals surface area contributed by atoms with Gasteiger partial charge in [0.2, 0.25) is 0 Å². The van der Waals surface area contributed by atoms with Gasteiger partial charge >= 0.3 is 0 Å². The molecule has 0 aliphatic carbocycles. The first-order valence-corrected chi connectivity index (χ1v) is 8.85. The molecule has 0 aliphatic rings. The van der Waals surface area contributed by atoms with Gasteiger partial charge in [0.25, 0.3) is 0 Å². The Balaban J connectivity index is 2.82. The number of ether oxygens (including phenoxy) is 1. The van der Waals surface area contributed by atoms with Crippen LogP contribution in [0.2, 0.25) is 0 Å². The van der Waals surface area contributed by atoms with E-state index in [0.717, 1.165) is 36.2 Å². The monoisotopic (exact) mass is 349 g/mol. The summed E-state index contributed by atoms with van der Waals surface area (Å²) >= 11 is 5.50. The number of rotatable bonds is 10. The van der Waals surface area contributed by atoms with E-state index >= 15 is 0 Å². The Labute approximate surface area is 128 Å². The number of nitrogens with one attached hydrogen (secondary N) is 1. The summed E-state index contributed by atoms with van der Waals surface area (Å²) in [6.07, 6.45) is 6.27. The molecule has 1 N–H and O–H groups in total. The third kappa shape index (κ3) is 5.45. The molecule has 0 aliphatic heterocycles. The summed E-state index contributed by atoms with van der Waals surface area (Å²) in [7, 11) is 1.72. The number of nitrogens with zero attached hydrogens (tertiary/aromatic N) is 2. The number of halogens is 1. The van der Waals surface area contributed by atoms with Crippen molar-refractivity contribution in [3.05, 3.63) is 16.4 Å². The molecule has 0 bridgehead atoms. The van der Waals surface area contributed by atoms with Crippen molar-refractivity contribution in [1.82, 2.24) is 15.1 Å². The number of thioether (sulfide) groups is 1. The van der Waals surface area contributed by atoms with Crippen LogP contribution in [-0.2, 0) is 11.3 Å². The highest BCUT2D eigenvalue weighted by molar-refractivity contribution is 9.10. The van der Waals surface area contributed by atoms with Crippen LogP contribution in [0.4, 0.5) is 0 Å². The molecule has 4 nitrogen and oxygen atoms in total. The molecular weight excluding hydrogens is 326 g/mol. The molecule has 1 rings (SSSR count). The molecule has 19 heavy (non-hydrogen) atoms. The fourth-order valence-corrected chi connectivity index (χ4v) is 3.01. The fourth-order valence-electron chi connectivity index (χ4n) is 1.96. The Morgan fingerprint density at radius 1 is 1.58 bits per heavy atom. The maximum Gasteiger partial charge on any atom is 0.0696 e. The molecule has 1 aromatic rings. The molecule has 1 atom stereocenters. The second-order valence-corrected chi connectivity index (χ2v) is 6.22. The molecule has 0 saturated carbocycles. The van der Waals surface area contributed by atoms with Gasteiger partial charge in [0.15, 0.2) is 0 Å². The van der Waals surface area contributed by atoms with Gasteiger partial charge in [0.05, 0.1) is 35.6 Å². The number of hydrogen-bond acceptors (Lipinski definition) is 4.